The lowest BCUT2D eigenvalue weighted by Crippen LogP contribution is -2.12. The van der Waals surface area contributed by atoms with Crippen molar-refractivity contribution >= 4 is 39.1 Å². The molecule has 2 aromatic carbocycles. The number of benzene rings is 2. The highest BCUT2D eigenvalue weighted by molar-refractivity contribution is 9.10. The molecule has 0 aliphatic heterocycles. The maximum absolute atomic E-state index is 12.1. The van der Waals surface area contributed by atoms with Crippen molar-refractivity contribution in [2.24, 2.45) is 0 Å². The molecule has 2 rings (SSSR count). The summed E-state index contributed by atoms with van der Waals surface area (Å²) in [7, 11) is 0. The van der Waals surface area contributed by atoms with Crippen LogP contribution in [-0.2, 0) is 5.88 Å². The molecule has 0 fully saturated rings. The van der Waals surface area contributed by atoms with E-state index in [9.17, 15) is 4.79 Å². The Bertz CT molecular complexity index is 613. The average Bonchev–Trinajstić information content (AvgIpc) is 2.43. The molecular formula is C15H13BrClNO. The molecule has 0 saturated heterocycles. The van der Waals surface area contributed by atoms with E-state index in [0.717, 1.165) is 21.3 Å². The maximum atomic E-state index is 12.1. The molecule has 0 unspecified atom stereocenters. The Kier molecular flexibility index (Phi) is 4.61. The number of alkyl halides is 1. The molecule has 0 radical (unpaired) electrons. The number of amides is 1. The van der Waals surface area contributed by atoms with Crippen LogP contribution >= 0.6 is 27.5 Å². The molecule has 2 aromatic rings. The molecule has 0 spiro atoms. The number of aryl methyl sites for hydroxylation is 1. The van der Waals surface area contributed by atoms with E-state index < -0.39 is 0 Å². The van der Waals surface area contributed by atoms with Gasteiger partial charge in [0.1, 0.15) is 0 Å². The van der Waals surface area contributed by atoms with Gasteiger partial charge in [-0.15, -0.1) is 11.6 Å². The van der Waals surface area contributed by atoms with E-state index in [0.29, 0.717) is 11.4 Å². The number of anilines is 1. The van der Waals surface area contributed by atoms with Crippen molar-refractivity contribution in [3.05, 3.63) is 63.6 Å². The van der Waals surface area contributed by atoms with E-state index in [-0.39, 0.29) is 5.91 Å². The van der Waals surface area contributed by atoms with Gasteiger partial charge in [-0.3, -0.25) is 4.79 Å². The highest BCUT2D eigenvalue weighted by Gasteiger charge is 2.07. The van der Waals surface area contributed by atoms with Crippen LogP contribution in [0.15, 0.2) is 46.9 Å². The normalized spacial score (nSPS) is 10.3. The number of rotatable bonds is 3. The SMILES string of the molecule is Cc1cc(NC(=O)c2cccc(CCl)c2)ccc1Br. The molecule has 2 nitrogen and oxygen atoms in total. The van der Waals surface area contributed by atoms with Gasteiger partial charge in [0, 0.05) is 21.6 Å². The molecule has 0 atom stereocenters. The predicted octanol–water partition coefficient (Wildman–Crippen LogP) is 4.75. The third kappa shape index (κ3) is 3.58. The molecule has 0 aromatic heterocycles. The van der Waals surface area contributed by atoms with E-state index in [1.807, 2.05) is 37.3 Å². The van der Waals surface area contributed by atoms with Crippen LogP contribution in [0.3, 0.4) is 0 Å². The molecule has 0 aliphatic carbocycles. The first-order valence-corrected chi connectivity index (χ1v) is 7.15. The van der Waals surface area contributed by atoms with Crippen molar-refractivity contribution in [3.8, 4) is 0 Å². The van der Waals surface area contributed by atoms with Crippen LogP contribution in [0.1, 0.15) is 21.5 Å². The van der Waals surface area contributed by atoms with Gasteiger partial charge < -0.3 is 5.32 Å². The lowest BCUT2D eigenvalue weighted by Gasteiger charge is -2.08. The minimum absolute atomic E-state index is 0.131. The zero-order chi connectivity index (χ0) is 13.8. The van der Waals surface area contributed by atoms with E-state index in [1.54, 1.807) is 12.1 Å². The summed E-state index contributed by atoms with van der Waals surface area (Å²) >= 11 is 9.20. The second-order valence-corrected chi connectivity index (χ2v) is 5.37. The Morgan fingerprint density at radius 2 is 2.05 bits per heavy atom. The molecule has 19 heavy (non-hydrogen) atoms. The van der Waals surface area contributed by atoms with E-state index in [4.69, 9.17) is 11.6 Å². The maximum Gasteiger partial charge on any atom is 0.255 e. The van der Waals surface area contributed by atoms with Crippen molar-refractivity contribution in [1.82, 2.24) is 0 Å². The number of carbonyl (C=O) groups excluding carboxylic acids is 1. The molecule has 1 amide bonds. The lowest BCUT2D eigenvalue weighted by molar-refractivity contribution is 0.102. The van der Waals surface area contributed by atoms with Crippen molar-refractivity contribution in [3.63, 3.8) is 0 Å². The fraction of sp³-hybridized carbons (Fsp3) is 0.133. The van der Waals surface area contributed by atoms with Gasteiger partial charge in [-0.05, 0) is 48.4 Å². The number of nitrogens with one attached hydrogen (secondary N) is 1. The van der Waals surface area contributed by atoms with Crippen LogP contribution in [0.4, 0.5) is 5.69 Å². The summed E-state index contributed by atoms with van der Waals surface area (Å²) in [5, 5.41) is 2.87. The van der Waals surface area contributed by atoms with Crippen molar-refractivity contribution in [1.29, 1.82) is 0 Å². The Morgan fingerprint density at radius 3 is 2.74 bits per heavy atom. The van der Waals surface area contributed by atoms with Crippen LogP contribution in [0.2, 0.25) is 0 Å². The smallest absolute Gasteiger partial charge is 0.255 e. The second-order valence-electron chi connectivity index (χ2n) is 4.25. The van der Waals surface area contributed by atoms with Crippen LogP contribution in [0.25, 0.3) is 0 Å². The van der Waals surface area contributed by atoms with Gasteiger partial charge in [0.25, 0.3) is 5.91 Å². The van der Waals surface area contributed by atoms with Gasteiger partial charge >= 0.3 is 0 Å². The van der Waals surface area contributed by atoms with Gasteiger partial charge in [-0.1, -0.05) is 28.1 Å². The molecule has 4 heteroatoms. The van der Waals surface area contributed by atoms with E-state index in [2.05, 4.69) is 21.2 Å². The molecule has 98 valence electrons. The van der Waals surface area contributed by atoms with Gasteiger partial charge in [0.05, 0.1) is 0 Å². The van der Waals surface area contributed by atoms with Crippen LogP contribution in [0, 0.1) is 6.92 Å². The van der Waals surface area contributed by atoms with Gasteiger partial charge in [0.15, 0.2) is 0 Å². The van der Waals surface area contributed by atoms with Gasteiger partial charge in [-0.2, -0.15) is 0 Å². The average molecular weight is 339 g/mol. The number of carbonyl (C=O) groups is 1. The van der Waals surface area contributed by atoms with Crippen LogP contribution < -0.4 is 5.32 Å². The van der Waals surface area contributed by atoms with Crippen molar-refractivity contribution in [2.45, 2.75) is 12.8 Å². The van der Waals surface area contributed by atoms with E-state index in [1.165, 1.54) is 0 Å². The fourth-order valence-electron chi connectivity index (χ4n) is 1.72. The molecule has 0 saturated carbocycles. The monoisotopic (exact) mass is 337 g/mol. The predicted molar refractivity (Wildman–Crippen MR) is 82.8 cm³/mol. The minimum Gasteiger partial charge on any atom is -0.322 e. The largest absolute Gasteiger partial charge is 0.322 e. The summed E-state index contributed by atoms with van der Waals surface area (Å²) in [6.45, 7) is 1.98. The minimum atomic E-state index is -0.131. The summed E-state index contributed by atoms with van der Waals surface area (Å²) < 4.78 is 1.02. The fourth-order valence-corrected chi connectivity index (χ4v) is 2.13. The first-order chi connectivity index (χ1) is 9.10. The Morgan fingerprint density at radius 1 is 1.26 bits per heavy atom. The Hall–Kier alpha value is -1.32. The summed E-state index contributed by atoms with van der Waals surface area (Å²) in [4.78, 5) is 12.1. The molecular weight excluding hydrogens is 326 g/mol. The van der Waals surface area contributed by atoms with E-state index >= 15 is 0 Å². The molecule has 0 bridgehead atoms. The number of halogens is 2. The first-order valence-electron chi connectivity index (χ1n) is 5.82. The first kappa shape index (κ1) is 14.1. The van der Waals surface area contributed by atoms with Crippen molar-refractivity contribution < 1.29 is 4.79 Å². The van der Waals surface area contributed by atoms with Gasteiger partial charge in [-0.25, -0.2) is 0 Å². The topological polar surface area (TPSA) is 29.1 Å². The molecule has 1 N–H and O–H groups in total. The summed E-state index contributed by atoms with van der Waals surface area (Å²) in [6, 6.07) is 13.0. The number of hydrogen-bond donors (Lipinski definition) is 1. The second kappa shape index (κ2) is 6.22. The lowest BCUT2D eigenvalue weighted by atomic mass is 10.1. The standard InChI is InChI=1S/C15H13BrClNO/c1-10-7-13(5-6-14(10)16)18-15(19)12-4-2-3-11(8-12)9-17/h2-8H,9H2,1H3,(H,18,19). The molecule has 0 aliphatic rings. The zero-order valence-corrected chi connectivity index (χ0v) is 12.8. The Labute approximate surface area is 125 Å². The highest BCUT2D eigenvalue weighted by Crippen LogP contribution is 2.20. The number of hydrogen-bond acceptors (Lipinski definition) is 1. The quantitative estimate of drug-likeness (QED) is 0.804. The summed E-state index contributed by atoms with van der Waals surface area (Å²) in [5.74, 6) is 0.270. The summed E-state index contributed by atoms with van der Waals surface area (Å²) in [5.41, 5.74) is 3.40. The van der Waals surface area contributed by atoms with Gasteiger partial charge in [0.2, 0.25) is 0 Å². The van der Waals surface area contributed by atoms with Crippen LogP contribution in [0.5, 0.6) is 0 Å². The van der Waals surface area contributed by atoms with Crippen LogP contribution in [-0.4, -0.2) is 5.91 Å². The summed E-state index contributed by atoms with van der Waals surface area (Å²) in [6.07, 6.45) is 0. The Balaban J connectivity index is 2.18. The zero-order valence-electron chi connectivity index (χ0n) is 10.4. The highest BCUT2D eigenvalue weighted by atomic mass is 79.9. The third-order valence-corrected chi connectivity index (χ3v) is 3.96. The third-order valence-electron chi connectivity index (χ3n) is 2.76. The molecule has 0 heterocycles. The van der Waals surface area contributed by atoms with Crippen molar-refractivity contribution in [2.75, 3.05) is 5.32 Å².